The lowest BCUT2D eigenvalue weighted by Gasteiger charge is -2.29. The van der Waals surface area contributed by atoms with E-state index in [1.54, 1.807) is 6.07 Å². The molecule has 0 bridgehead atoms. The van der Waals surface area contributed by atoms with Crippen LogP contribution in [-0.4, -0.2) is 21.5 Å². The first-order chi connectivity index (χ1) is 10.6. The predicted octanol–water partition coefficient (Wildman–Crippen LogP) is 2.54. The molecule has 0 saturated heterocycles. The van der Waals surface area contributed by atoms with Gasteiger partial charge in [-0.1, -0.05) is 19.8 Å². The van der Waals surface area contributed by atoms with Crippen molar-refractivity contribution in [2.24, 2.45) is 5.92 Å². The number of amides is 1. The third-order valence-corrected chi connectivity index (χ3v) is 5.31. The van der Waals surface area contributed by atoms with E-state index in [9.17, 15) is 9.59 Å². The quantitative estimate of drug-likeness (QED) is 0.942. The fraction of sp³-hybridized carbons (Fsp3) is 0.562. The second-order valence-corrected chi connectivity index (χ2v) is 6.96. The number of hydrogen-bond donors (Lipinski definition) is 1. The summed E-state index contributed by atoms with van der Waals surface area (Å²) < 4.78 is 1.53. The van der Waals surface area contributed by atoms with Crippen molar-refractivity contribution in [2.75, 3.05) is 0 Å². The fourth-order valence-electron chi connectivity index (χ4n) is 3.08. The Hall–Kier alpha value is -1.69. The molecular formula is C16H21N3O2S. The third kappa shape index (κ3) is 3.21. The second kappa shape index (κ2) is 6.60. The van der Waals surface area contributed by atoms with E-state index in [4.69, 9.17) is 0 Å². The molecule has 1 fully saturated rings. The summed E-state index contributed by atoms with van der Waals surface area (Å²) in [4.78, 5) is 29.4. The first kappa shape index (κ1) is 15.2. The summed E-state index contributed by atoms with van der Waals surface area (Å²) in [6.45, 7) is 2.58. The van der Waals surface area contributed by atoms with Gasteiger partial charge in [-0.25, -0.2) is 4.98 Å². The summed E-state index contributed by atoms with van der Waals surface area (Å²) >= 11 is 1.45. The van der Waals surface area contributed by atoms with Crippen molar-refractivity contribution >= 4 is 27.5 Å². The van der Waals surface area contributed by atoms with Gasteiger partial charge in [-0.2, -0.15) is 0 Å². The minimum atomic E-state index is -0.0647. The predicted molar refractivity (Wildman–Crippen MR) is 88.1 cm³/mol. The normalized spacial score (nSPS) is 21.9. The van der Waals surface area contributed by atoms with Crippen LogP contribution < -0.4 is 10.9 Å². The molecule has 2 aromatic rings. The topological polar surface area (TPSA) is 64.0 Å². The summed E-state index contributed by atoms with van der Waals surface area (Å²) in [7, 11) is 0. The zero-order chi connectivity index (χ0) is 15.5. The van der Waals surface area contributed by atoms with Crippen LogP contribution in [0.3, 0.4) is 0 Å². The number of nitrogens with zero attached hydrogens (tertiary/aromatic N) is 2. The van der Waals surface area contributed by atoms with E-state index in [2.05, 4.69) is 17.2 Å². The number of rotatable bonds is 4. The van der Waals surface area contributed by atoms with E-state index in [-0.39, 0.29) is 17.5 Å². The molecule has 6 heteroatoms. The molecular weight excluding hydrogens is 298 g/mol. The maximum Gasteiger partial charge on any atom is 0.262 e. The minimum absolute atomic E-state index is 0.0241. The molecule has 1 aliphatic rings. The lowest BCUT2D eigenvalue weighted by atomic mass is 9.86. The molecule has 2 aromatic heterocycles. The molecule has 1 amide bonds. The fourth-order valence-corrected chi connectivity index (χ4v) is 3.81. The van der Waals surface area contributed by atoms with E-state index in [0.29, 0.717) is 24.3 Å². The largest absolute Gasteiger partial charge is 0.353 e. The zero-order valence-corrected chi connectivity index (χ0v) is 13.6. The summed E-state index contributed by atoms with van der Waals surface area (Å²) in [6.07, 6.45) is 6.55. The van der Waals surface area contributed by atoms with E-state index in [1.165, 1.54) is 41.5 Å². The Morgan fingerprint density at radius 3 is 3.09 bits per heavy atom. The highest BCUT2D eigenvalue weighted by Gasteiger charge is 2.22. The lowest BCUT2D eigenvalue weighted by Crippen LogP contribution is -2.41. The molecule has 1 aliphatic carbocycles. The Labute approximate surface area is 133 Å². The average molecular weight is 319 g/mol. The molecule has 0 aliphatic heterocycles. The Bertz CT molecular complexity index is 721. The monoisotopic (exact) mass is 319 g/mol. The third-order valence-electron chi connectivity index (χ3n) is 4.49. The molecule has 5 nitrogen and oxygen atoms in total. The van der Waals surface area contributed by atoms with Crippen LogP contribution in [0.2, 0.25) is 0 Å². The highest BCUT2D eigenvalue weighted by Crippen LogP contribution is 2.23. The Morgan fingerprint density at radius 2 is 2.27 bits per heavy atom. The smallest absolute Gasteiger partial charge is 0.262 e. The van der Waals surface area contributed by atoms with Crippen molar-refractivity contribution < 1.29 is 4.79 Å². The van der Waals surface area contributed by atoms with E-state index in [0.717, 1.165) is 11.3 Å². The van der Waals surface area contributed by atoms with Crippen molar-refractivity contribution in [1.82, 2.24) is 14.9 Å². The van der Waals surface area contributed by atoms with Gasteiger partial charge >= 0.3 is 0 Å². The average Bonchev–Trinajstić information content (AvgIpc) is 2.98. The molecule has 1 N–H and O–H groups in total. The van der Waals surface area contributed by atoms with Crippen molar-refractivity contribution in [1.29, 1.82) is 0 Å². The van der Waals surface area contributed by atoms with Gasteiger partial charge in [-0.15, -0.1) is 11.3 Å². The van der Waals surface area contributed by atoms with E-state index >= 15 is 0 Å². The second-order valence-electron chi connectivity index (χ2n) is 6.07. The summed E-state index contributed by atoms with van der Waals surface area (Å²) in [5.41, 5.74) is -0.0647. The molecule has 22 heavy (non-hydrogen) atoms. The van der Waals surface area contributed by atoms with Crippen LogP contribution in [0.4, 0.5) is 0 Å². The summed E-state index contributed by atoms with van der Waals surface area (Å²) in [5.74, 6) is 0.570. The number of thiophene rings is 1. The van der Waals surface area contributed by atoms with Crippen LogP contribution in [0.15, 0.2) is 22.6 Å². The minimum Gasteiger partial charge on any atom is -0.353 e. The van der Waals surface area contributed by atoms with Gasteiger partial charge in [-0.05, 0) is 30.2 Å². The van der Waals surface area contributed by atoms with Gasteiger partial charge in [0.05, 0.1) is 11.7 Å². The number of nitrogens with one attached hydrogen (secondary N) is 1. The van der Waals surface area contributed by atoms with Crippen LogP contribution in [0.5, 0.6) is 0 Å². The highest BCUT2D eigenvalue weighted by atomic mass is 32.1. The van der Waals surface area contributed by atoms with Gasteiger partial charge in [0.2, 0.25) is 5.91 Å². The van der Waals surface area contributed by atoms with Crippen LogP contribution in [0.1, 0.15) is 39.0 Å². The van der Waals surface area contributed by atoms with Gasteiger partial charge in [0, 0.05) is 19.0 Å². The molecule has 0 radical (unpaired) electrons. The molecule has 2 heterocycles. The van der Waals surface area contributed by atoms with Gasteiger partial charge in [0.1, 0.15) is 4.83 Å². The maximum atomic E-state index is 12.2. The molecule has 118 valence electrons. The zero-order valence-electron chi connectivity index (χ0n) is 12.7. The first-order valence-corrected chi connectivity index (χ1v) is 8.75. The SMILES string of the molecule is C[C@H]1CCCC[C@H]1NC(=O)CCn1cnc2sccc2c1=O. The van der Waals surface area contributed by atoms with Crippen LogP contribution in [0, 0.1) is 5.92 Å². The standard InChI is InChI=1S/C16H21N3O2S/c1-11-4-2-3-5-13(11)18-14(20)6-8-19-10-17-15-12(16(19)21)7-9-22-15/h7,9-11,13H,2-6,8H2,1H3,(H,18,20)/t11-,13+/m0/s1. The Kier molecular flexibility index (Phi) is 4.57. The molecule has 1 saturated carbocycles. The lowest BCUT2D eigenvalue weighted by molar-refractivity contribution is -0.122. The van der Waals surface area contributed by atoms with E-state index < -0.39 is 0 Å². The Morgan fingerprint density at radius 1 is 1.45 bits per heavy atom. The first-order valence-electron chi connectivity index (χ1n) is 7.87. The number of hydrogen-bond acceptors (Lipinski definition) is 4. The molecule has 3 rings (SSSR count). The molecule has 0 unspecified atom stereocenters. The van der Waals surface area contributed by atoms with Gasteiger partial charge < -0.3 is 5.32 Å². The molecule has 0 aromatic carbocycles. The van der Waals surface area contributed by atoms with Crippen LogP contribution >= 0.6 is 11.3 Å². The Balaban J connectivity index is 1.60. The number of aromatic nitrogens is 2. The van der Waals surface area contributed by atoms with Crippen molar-refractivity contribution in [2.45, 2.75) is 51.6 Å². The van der Waals surface area contributed by atoms with Crippen molar-refractivity contribution in [3.05, 3.63) is 28.1 Å². The number of carbonyl (C=O) groups excluding carboxylic acids is 1. The summed E-state index contributed by atoms with van der Waals surface area (Å²) in [5, 5.41) is 5.61. The van der Waals surface area contributed by atoms with Crippen LogP contribution in [-0.2, 0) is 11.3 Å². The van der Waals surface area contributed by atoms with Gasteiger partial charge in [0.25, 0.3) is 5.56 Å². The van der Waals surface area contributed by atoms with Gasteiger partial charge in [-0.3, -0.25) is 14.2 Å². The van der Waals surface area contributed by atoms with Crippen molar-refractivity contribution in [3.63, 3.8) is 0 Å². The molecule has 0 spiro atoms. The van der Waals surface area contributed by atoms with Crippen LogP contribution in [0.25, 0.3) is 10.2 Å². The number of aryl methyl sites for hydroxylation is 1. The van der Waals surface area contributed by atoms with E-state index in [1.807, 2.05) is 5.38 Å². The number of carbonyl (C=O) groups is 1. The van der Waals surface area contributed by atoms with Gasteiger partial charge in [0.15, 0.2) is 0 Å². The maximum absolute atomic E-state index is 12.2. The number of fused-ring (bicyclic) bond motifs is 1. The molecule has 2 atom stereocenters. The summed E-state index contributed by atoms with van der Waals surface area (Å²) in [6, 6.07) is 2.07. The highest BCUT2D eigenvalue weighted by molar-refractivity contribution is 7.16. The van der Waals surface area contributed by atoms with Crippen molar-refractivity contribution in [3.8, 4) is 0 Å².